The minimum absolute atomic E-state index is 0.528. The van der Waals surface area contributed by atoms with Crippen molar-refractivity contribution in [3.05, 3.63) is 59.3 Å². The summed E-state index contributed by atoms with van der Waals surface area (Å²) in [5.41, 5.74) is 3.51. The number of nitrogens with one attached hydrogen (secondary N) is 2. The zero-order valence-corrected chi connectivity index (χ0v) is 16.4. The van der Waals surface area contributed by atoms with Crippen molar-refractivity contribution in [2.24, 2.45) is 0 Å². The van der Waals surface area contributed by atoms with E-state index in [1.165, 1.54) is 50.5 Å². The summed E-state index contributed by atoms with van der Waals surface area (Å²) >= 11 is 0. The summed E-state index contributed by atoms with van der Waals surface area (Å²) < 4.78 is 0. The number of aromatic nitrogens is 1. The SMILES string of the molecule is CCCCCCCCCCNc1ncccc1C(=N)c1cccc(C)c1. The van der Waals surface area contributed by atoms with Crippen LogP contribution in [0.15, 0.2) is 42.6 Å². The van der Waals surface area contributed by atoms with Gasteiger partial charge in [0.2, 0.25) is 0 Å². The van der Waals surface area contributed by atoms with Gasteiger partial charge in [-0.25, -0.2) is 4.98 Å². The van der Waals surface area contributed by atoms with Crippen molar-refractivity contribution in [3.63, 3.8) is 0 Å². The van der Waals surface area contributed by atoms with Crippen LogP contribution >= 0.6 is 0 Å². The molecule has 2 aromatic rings. The van der Waals surface area contributed by atoms with Crippen molar-refractivity contribution in [1.29, 1.82) is 5.41 Å². The predicted molar refractivity (Wildman–Crippen MR) is 112 cm³/mol. The Morgan fingerprint density at radius 2 is 1.69 bits per heavy atom. The first-order valence-electron chi connectivity index (χ1n) is 10.1. The number of hydrogen-bond acceptors (Lipinski definition) is 3. The fourth-order valence-electron chi connectivity index (χ4n) is 3.17. The molecule has 0 aliphatic carbocycles. The Kier molecular flexibility index (Phi) is 8.88. The molecule has 1 heterocycles. The number of rotatable bonds is 12. The van der Waals surface area contributed by atoms with Gasteiger partial charge in [-0.2, -0.15) is 0 Å². The van der Waals surface area contributed by atoms with Gasteiger partial charge in [0.05, 0.1) is 5.71 Å². The summed E-state index contributed by atoms with van der Waals surface area (Å²) in [6.45, 7) is 5.23. The van der Waals surface area contributed by atoms with Crippen molar-refractivity contribution in [1.82, 2.24) is 4.98 Å². The Balaban J connectivity index is 1.81. The monoisotopic (exact) mass is 351 g/mol. The lowest BCUT2D eigenvalue weighted by molar-refractivity contribution is 0.581. The van der Waals surface area contributed by atoms with Gasteiger partial charge in [-0.1, -0.05) is 75.6 Å². The molecule has 3 nitrogen and oxygen atoms in total. The Hall–Kier alpha value is -2.16. The third kappa shape index (κ3) is 6.62. The van der Waals surface area contributed by atoms with Gasteiger partial charge < -0.3 is 5.32 Å². The summed E-state index contributed by atoms with van der Waals surface area (Å²) in [6.07, 6.45) is 12.3. The molecule has 2 rings (SSSR count). The molecule has 0 saturated carbocycles. The maximum atomic E-state index is 8.55. The van der Waals surface area contributed by atoms with E-state index in [0.29, 0.717) is 5.71 Å². The van der Waals surface area contributed by atoms with E-state index in [-0.39, 0.29) is 0 Å². The number of anilines is 1. The quantitative estimate of drug-likeness (QED) is 0.345. The molecule has 0 atom stereocenters. The number of aryl methyl sites for hydroxylation is 1. The zero-order chi connectivity index (χ0) is 18.6. The smallest absolute Gasteiger partial charge is 0.135 e. The molecule has 0 bridgehead atoms. The van der Waals surface area contributed by atoms with E-state index in [2.05, 4.69) is 36.3 Å². The van der Waals surface area contributed by atoms with Crippen LogP contribution in [-0.2, 0) is 0 Å². The van der Waals surface area contributed by atoms with Crippen molar-refractivity contribution < 1.29 is 0 Å². The number of nitrogens with zero attached hydrogens (tertiary/aromatic N) is 1. The lowest BCUT2D eigenvalue weighted by Crippen LogP contribution is -2.10. The summed E-state index contributed by atoms with van der Waals surface area (Å²) in [7, 11) is 0. The van der Waals surface area contributed by atoms with E-state index in [4.69, 9.17) is 5.41 Å². The highest BCUT2D eigenvalue weighted by molar-refractivity contribution is 6.13. The zero-order valence-electron chi connectivity index (χ0n) is 16.4. The van der Waals surface area contributed by atoms with Gasteiger partial charge in [-0.05, 0) is 31.5 Å². The largest absolute Gasteiger partial charge is 0.370 e. The number of unbranched alkanes of at least 4 members (excludes halogenated alkanes) is 7. The molecule has 0 saturated heterocycles. The topological polar surface area (TPSA) is 48.8 Å². The van der Waals surface area contributed by atoms with Crippen molar-refractivity contribution in [2.45, 2.75) is 65.2 Å². The third-order valence-electron chi connectivity index (χ3n) is 4.71. The van der Waals surface area contributed by atoms with E-state index in [1.54, 1.807) is 6.20 Å². The first-order chi connectivity index (χ1) is 12.7. The molecule has 0 unspecified atom stereocenters. The number of benzene rings is 1. The molecule has 140 valence electrons. The molecule has 2 N–H and O–H groups in total. The van der Waals surface area contributed by atoms with Gasteiger partial charge in [0, 0.05) is 23.9 Å². The van der Waals surface area contributed by atoms with Crippen LogP contribution in [0.25, 0.3) is 0 Å². The molecule has 1 aromatic heterocycles. The fraction of sp³-hybridized carbons (Fsp3) is 0.478. The predicted octanol–water partition coefficient (Wildman–Crippen LogP) is 6.36. The molecule has 0 aliphatic heterocycles. The molecule has 0 aliphatic rings. The maximum absolute atomic E-state index is 8.55. The van der Waals surface area contributed by atoms with Crippen LogP contribution in [0.2, 0.25) is 0 Å². The molecule has 3 heteroatoms. The van der Waals surface area contributed by atoms with Gasteiger partial charge in [0.25, 0.3) is 0 Å². The van der Waals surface area contributed by atoms with Crippen LogP contribution in [0.3, 0.4) is 0 Å². The van der Waals surface area contributed by atoms with Crippen molar-refractivity contribution in [3.8, 4) is 0 Å². The average molecular weight is 352 g/mol. The highest BCUT2D eigenvalue weighted by atomic mass is 15.0. The molecular formula is C23H33N3. The molecule has 0 amide bonds. The van der Waals surface area contributed by atoms with Crippen molar-refractivity contribution >= 4 is 11.5 Å². The van der Waals surface area contributed by atoms with E-state index in [0.717, 1.165) is 29.9 Å². The Morgan fingerprint density at radius 1 is 0.962 bits per heavy atom. The standard InChI is InChI=1S/C23H33N3/c1-3-4-5-6-7-8-9-10-16-25-23-21(15-12-17-26-23)22(24)20-14-11-13-19(2)18-20/h11-15,17-18,24H,3-10,16H2,1-2H3,(H,25,26). The van der Waals surface area contributed by atoms with Gasteiger partial charge in [0.15, 0.2) is 0 Å². The molecule has 0 fully saturated rings. The number of hydrogen-bond donors (Lipinski definition) is 2. The minimum atomic E-state index is 0.528. The summed E-state index contributed by atoms with van der Waals surface area (Å²) in [5, 5.41) is 12.0. The van der Waals surface area contributed by atoms with E-state index in [1.807, 2.05) is 24.3 Å². The molecular weight excluding hydrogens is 318 g/mol. The van der Waals surface area contributed by atoms with Crippen LogP contribution < -0.4 is 5.32 Å². The van der Waals surface area contributed by atoms with Gasteiger partial charge in [-0.15, -0.1) is 0 Å². The molecule has 0 spiro atoms. The molecule has 26 heavy (non-hydrogen) atoms. The molecule has 0 radical (unpaired) electrons. The lowest BCUT2D eigenvalue weighted by atomic mass is 10.0. The van der Waals surface area contributed by atoms with E-state index < -0.39 is 0 Å². The second-order valence-electron chi connectivity index (χ2n) is 7.05. The first-order valence-corrected chi connectivity index (χ1v) is 10.1. The van der Waals surface area contributed by atoms with Crippen LogP contribution in [0.1, 0.15) is 75.0 Å². The second-order valence-corrected chi connectivity index (χ2v) is 7.05. The normalized spacial score (nSPS) is 10.7. The lowest BCUT2D eigenvalue weighted by Gasteiger charge is -2.12. The summed E-state index contributed by atoms with van der Waals surface area (Å²) in [6, 6.07) is 12.0. The van der Waals surface area contributed by atoms with Gasteiger partial charge >= 0.3 is 0 Å². The van der Waals surface area contributed by atoms with Crippen LogP contribution in [0, 0.1) is 12.3 Å². The van der Waals surface area contributed by atoms with Gasteiger partial charge in [0.1, 0.15) is 5.82 Å². The Labute approximate surface area is 158 Å². The summed E-state index contributed by atoms with van der Waals surface area (Å²) in [5.74, 6) is 0.821. The first kappa shape index (κ1) is 20.2. The van der Waals surface area contributed by atoms with Crippen molar-refractivity contribution in [2.75, 3.05) is 11.9 Å². The summed E-state index contributed by atoms with van der Waals surface area (Å²) in [4.78, 5) is 4.46. The highest BCUT2D eigenvalue weighted by Crippen LogP contribution is 2.18. The van der Waals surface area contributed by atoms with Crippen LogP contribution in [0.4, 0.5) is 5.82 Å². The Bertz CT molecular complexity index is 679. The van der Waals surface area contributed by atoms with E-state index >= 15 is 0 Å². The highest BCUT2D eigenvalue weighted by Gasteiger charge is 2.10. The second kappa shape index (κ2) is 11.5. The fourth-order valence-corrected chi connectivity index (χ4v) is 3.17. The van der Waals surface area contributed by atoms with E-state index in [9.17, 15) is 0 Å². The molecule has 1 aromatic carbocycles. The van der Waals surface area contributed by atoms with Gasteiger partial charge in [-0.3, -0.25) is 5.41 Å². The Morgan fingerprint density at radius 3 is 2.42 bits per heavy atom. The third-order valence-corrected chi connectivity index (χ3v) is 4.71. The van der Waals surface area contributed by atoms with Crippen LogP contribution in [-0.4, -0.2) is 17.2 Å². The average Bonchev–Trinajstić information content (AvgIpc) is 2.66. The minimum Gasteiger partial charge on any atom is -0.370 e. The number of pyridine rings is 1. The van der Waals surface area contributed by atoms with Crippen LogP contribution in [0.5, 0.6) is 0 Å². The maximum Gasteiger partial charge on any atom is 0.135 e.